The first kappa shape index (κ1) is 11.3. The summed E-state index contributed by atoms with van der Waals surface area (Å²) in [7, 11) is 0. The fraction of sp³-hybridized carbons (Fsp3) is 0.400. The molecular weight excluding hydrogens is 224 g/mol. The lowest BCUT2D eigenvalue weighted by Gasteiger charge is -2.26. The normalized spacial score (nSPS) is 16.1. The van der Waals surface area contributed by atoms with Crippen molar-refractivity contribution >= 4 is 16.8 Å². The van der Waals surface area contributed by atoms with Crippen LogP contribution in [-0.2, 0) is 11.2 Å². The van der Waals surface area contributed by atoms with Gasteiger partial charge in [0.15, 0.2) is 0 Å². The molecule has 0 unspecified atom stereocenters. The molecule has 0 saturated carbocycles. The average Bonchev–Trinajstić information content (AvgIpc) is 2.83. The van der Waals surface area contributed by atoms with E-state index in [0.717, 1.165) is 37.0 Å². The molecule has 94 valence electrons. The van der Waals surface area contributed by atoms with Crippen LogP contribution in [0.1, 0.15) is 24.8 Å². The van der Waals surface area contributed by atoms with Gasteiger partial charge in [0.1, 0.15) is 0 Å². The van der Waals surface area contributed by atoms with Gasteiger partial charge in [0.25, 0.3) is 0 Å². The minimum Gasteiger partial charge on any atom is -0.361 e. The maximum atomic E-state index is 12.2. The van der Waals surface area contributed by atoms with Gasteiger partial charge in [-0.1, -0.05) is 18.2 Å². The highest BCUT2D eigenvalue weighted by atomic mass is 16.2. The molecule has 1 aromatic heterocycles. The van der Waals surface area contributed by atoms with E-state index in [9.17, 15) is 4.79 Å². The molecule has 3 rings (SSSR count). The number of rotatable bonds is 2. The predicted octanol–water partition coefficient (Wildman–Crippen LogP) is 2.72. The monoisotopic (exact) mass is 242 g/mol. The van der Waals surface area contributed by atoms with Gasteiger partial charge >= 0.3 is 0 Å². The standard InChI is InChI=1S/C15H18N2O/c18-15(17-8-4-1-5-9-17)10-12-11-16-14-7-3-2-6-13(12)14/h2-3,6-7,11,16H,1,4-5,8-10H2. The summed E-state index contributed by atoms with van der Waals surface area (Å²) in [5.74, 6) is 0.263. The second-order valence-electron chi connectivity index (χ2n) is 4.98. The number of benzene rings is 1. The Kier molecular flexibility index (Phi) is 3.05. The van der Waals surface area contributed by atoms with Crippen molar-refractivity contribution in [1.29, 1.82) is 0 Å². The molecule has 0 radical (unpaired) electrons. The van der Waals surface area contributed by atoms with Crippen molar-refractivity contribution in [3.8, 4) is 0 Å². The van der Waals surface area contributed by atoms with Gasteiger partial charge in [-0.15, -0.1) is 0 Å². The van der Waals surface area contributed by atoms with E-state index < -0.39 is 0 Å². The molecule has 1 aromatic carbocycles. The van der Waals surface area contributed by atoms with Crippen LogP contribution < -0.4 is 0 Å². The van der Waals surface area contributed by atoms with E-state index in [1.54, 1.807) is 0 Å². The van der Waals surface area contributed by atoms with Gasteiger partial charge in [0, 0.05) is 30.2 Å². The van der Waals surface area contributed by atoms with Gasteiger partial charge in [-0.2, -0.15) is 0 Å². The van der Waals surface area contributed by atoms with Crippen molar-refractivity contribution in [3.05, 3.63) is 36.0 Å². The van der Waals surface area contributed by atoms with E-state index in [2.05, 4.69) is 11.1 Å². The number of piperidine rings is 1. The molecule has 2 aromatic rings. The SMILES string of the molecule is O=C(Cc1c[nH]c2ccccc12)N1CCCCC1. The first-order chi connectivity index (χ1) is 8.84. The molecule has 1 aliphatic rings. The van der Waals surface area contributed by atoms with Crippen LogP contribution >= 0.6 is 0 Å². The molecule has 3 heteroatoms. The smallest absolute Gasteiger partial charge is 0.227 e. The minimum atomic E-state index is 0.263. The van der Waals surface area contributed by atoms with Gasteiger partial charge < -0.3 is 9.88 Å². The van der Waals surface area contributed by atoms with E-state index >= 15 is 0 Å². The number of para-hydroxylation sites is 1. The van der Waals surface area contributed by atoms with E-state index in [1.807, 2.05) is 29.3 Å². The van der Waals surface area contributed by atoms with Crippen molar-refractivity contribution in [2.45, 2.75) is 25.7 Å². The van der Waals surface area contributed by atoms with Gasteiger partial charge in [-0.3, -0.25) is 4.79 Å². The van der Waals surface area contributed by atoms with Crippen LogP contribution in [0.3, 0.4) is 0 Å². The second-order valence-corrected chi connectivity index (χ2v) is 4.98. The zero-order valence-corrected chi connectivity index (χ0v) is 10.5. The number of carbonyl (C=O) groups excluding carboxylic acids is 1. The highest BCUT2D eigenvalue weighted by Gasteiger charge is 2.17. The lowest BCUT2D eigenvalue weighted by Crippen LogP contribution is -2.36. The highest BCUT2D eigenvalue weighted by molar-refractivity contribution is 5.88. The fourth-order valence-corrected chi connectivity index (χ4v) is 2.70. The van der Waals surface area contributed by atoms with Gasteiger partial charge in [0.2, 0.25) is 5.91 Å². The molecule has 0 atom stereocenters. The Balaban J connectivity index is 1.77. The van der Waals surface area contributed by atoms with Crippen LogP contribution in [0.2, 0.25) is 0 Å². The average molecular weight is 242 g/mol. The van der Waals surface area contributed by atoms with Crippen LogP contribution in [0.25, 0.3) is 10.9 Å². The second kappa shape index (κ2) is 4.84. The van der Waals surface area contributed by atoms with Crippen LogP contribution in [0.4, 0.5) is 0 Å². The summed E-state index contributed by atoms with van der Waals surface area (Å²) in [6.07, 6.45) is 6.05. The third-order valence-electron chi connectivity index (χ3n) is 3.73. The predicted molar refractivity (Wildman–Crippen MR) is 72.4 cm³/mol. The zero-order valence-electron chi connectivity index (χ0n) is 10.5. The molecule has 0 spiro atoms. The van der Waals surface area contributed by atoms with E-state index in [-0.39, 0.29) is 5.91 Å². The molecule has 2 heterocycles. The summed E-state index contributed by atoms with van der Waals surface area (Å²) in [5.41, 5.74) is 2.22. The summed E-state index contributed by atoms with van der Waals surface area (Å²) in [4.78, 5) is 17.5. The van der Waals surface area contributed by atoms with Crippen molar-refractivity contribution in [2.75, 3.05) is 13.1 Å². The van der Waals surface area contributed by atoms with Crippen molar-refractivity contribution in [1.82, 2.24) is 9.88 Å². The summed E-state index contributed by atoms with van der Waals surface area (Å²) in [5, 5.41) is 1.17. The number of aromatic nitrogens is 1. The first-order valence-electron chi connectivity index (χ1n) is 6.67. The lowest BCUT2D eigenvalue weighted by molar-refractivity contribution is -0.131. The van der Waals surface area contributed by atoms with E-state index in [4.69, 9.17) is 0 Å². The summed E-state index contributed by atoms with van der Waals surface area (Å²) < 4.78 is 0. The van der Waals surface area contributed by atoms with Crippen molar-refractivity contribution in [3.63, 3.8) is 0 Å². The molecule has 1 fully saturated rings. The number of hydrogen-bond donors (Lipinski definition) is 1. The van der Waals surface area contributed by atoms with Crippen molar-refractivity contribution < 1.29 is 4.79 Å². The number of amides is 1. The molecule has 3 nitrogen and oxygen atoms in total. The quantitative estimate of drug-likeness (QED) is 0.863. The zero-order chi connectivity index (χ0) is 12.4. The van der Waals surface area contributed by atoms with Crippen LogP contribution in [0, 0.1) is 0 Å². The number of aromatic amines is 1. The maximum absolute atomic E-state index is 12.2. The van der Waals surface area contributed by atoms with E-state index in [0.29, 0.717) is 6.42 Å². The Morgan fingerprint density at radius 2 is 1.94 bits per heavy atom. The number of carbonyl (C=O) groups is 1. The molecule has 0 bridgehead atoms. The number of likely N-dealkylation sites (tertiary alicyclic amines) is 1. The Morgan fingerprint density at radius 3 is 2.78 bits per heavy atom. The van der Waals surface area contributed by atoms with Gasteiger partial charge in [-0.05, 0) is 30.9 Å². The van der Waals surface area contributed by atoms with Crippen LogP contribution in [0.5, 0.6) is 0 Å². The van der Waals surface area contributed by atoms with Crippen LogP contribution in [0.15, 0.2) is 30.5 Å². The number of nitrogens with one attached hydrogen (secondary N) is 1. The summed E-state index contributed by atoms with van der Waals surface area (Å²) >= 11 is 0. The van der Waals surface area contributed by atoms with Crippen LogP contribution in [-0.4, -0.2) is 28.9 Å². The first-order valence-corrected chi connectivity index (χ1v) is 6.67. The fourth-order valence-electron chi connectivity index (χ4n) is 2.70. The highest BCUT2D eigenvalue weighted by Crippen LogP contribution is 2.19. The third-order valence-corrected chi connectivity index (χ3v) is 3.73. The molecule has 18 heavy (non-hydrogen) atoms. The topological polar surface area (TPSA) is 36.1 Å². The molecule has 1 aliphatic heterocycles. The minimum absolute atomic E-state index is 0.263. The molecule has 1 amide bonds. The van der Waals surface area contributed by atoms with Crippen molar-refractivity contribution in [2.24, 2.45) is 0 Å². The third kappa shape index (κ3) is 2.13. The van der Waals surface area contributed by atoms with Gasteiger partial charge in [-0.25, -0.2) is 0 Å². The summed E-state index contributed by atoms with van der Waals surface area (Å²) in [6.45, 7) is 1.86. The van der Waals surface area contributed by atoms with Gasteiger partial charge in [0.05, 0.1) is 6.42 Å². The molecule has 0 aliphatic carbocycles. The Labute approximate surface area is 107 Å². The van der Waals surface area contributed by atoms with E-state index in [1.165, 1.54) is 11.8 Å². The largest absolute Gasteiger partial charge is 0.361 e. The molecular formula is C15H18N2O. The Bertz CT molecular complexity index is 552. The Hall–Kier alpha value is -1.77. The number of H-pyrrole nitrogens is 1. The molecule has 1 N–H and O–H groups in total. The number of hydrogen-bond acceptors (Lipinski definition) is 1. The molecule has 1 saturated heterocycles. The maximum Gasteiger partial charge on any atom is 0.227 e. The lowest BCUT2D eigenvalue weighted by atomic mass is 10.1. The number of nitrogens with zero attached hydrogens (tertiary/aromatic N) is 1. The number of fused-ring (bicyclic) bond motifs is 1. The summed E-state index contributed by atoms with van der Waals surface area (Å²) in [6, 6.07) is 8.15. The Morgan fingerprint density at radius 1 is 1.17 bits per heavy atom.